The molecule has 3 rings (SSSR count). The molecule has 1 saturated heterocycles. The first-order valence-electron chi connectivity index (χ1n) is 6.79. The van der Waals surface area contributed by atoms with Gasteiger partial charge < -0.3 is 10.1 Å². The largest absolute Gasteiger partial charge is 0.373 e. The summed E-state index contributed by atoms with van der Waals surface area (Å²) in [6, 6.07) is 3.90. The molecule has 0 bridgehead atoms. The second kappa shape index (κ2) is 6.37. The number of ether oxygens (including phenoxy) is 1. The van der Waals surface area contributed by atoms with Crippen LogP contribution < -0.4 is 5.32 Å². The van der Waals surface area contributed by atoms with Crippen molar-refractivity contribution in [2.24, 2.45) is 5.92 Å². The number of halogens is 1. The van der Waals surface area contributed by atoms with Crippen LogP contribution >= 0.6 is 15.9 Å². The average Bonchev–Trinajstić information content (AvgIpc) is 3.01. The summed E-state index contributed by atoms with van der Waals surface area (Å²) in [6.45, 7) is 1.66. The summed E-state index contributed by atoms with van der Waals surface area (Å²) >= 11 is 3.50. The summed E-state index contributed by atoms with van der Waals surface area (Å²) in [6.07, 6.45) is 7.91. The topological polar surface area (TPSA) is 62.8 Å². The molecule has 2 atom stereocenters. The smallest absolute Gasteiger partial charge is 0.140 e. The van der Waals surface area contributed by atoms with E-state index in [1.807, 2.05) is 24.5 Å². The third kappa shape index (κ3) is 3.02. The SMILES string of the molecule is Brc1cccnc1NC[C@@H]1CCCO[C@H]1c1cn[nH]c1. The first-order valence-corrected chi connectivity index (χ1v) is 7.58. The van der Waals surface area contributed by atoms with Gasteiger partial charge in [-0.3, -0.25) is 5.10 Å². The Morgan fingerprint density at radius 2 is 2.45 bits per heavy atom. The normalized spacial score (nSPS) is 22.6. The predicted octanol–water partition coefficient (Wildman–Crippen LogP) is 3.15. The highest BCUT2D eigenvalue weighted by Gasteiger charge is 2.28. The summed E-state index contributed by atoms with van der Waals surface area (Å²) < 4.78 is 6.90. The molecule has 0 spiro atoms. The predicted molar refractivity (Wildman–Crippen MR) is 80.4 cm³/mol. The van der Waals surface area contributed by atoms with Gasteiger partial charge in [-0.2, -0.15) is 5.10 Å². The number of nitrogens with zero attached hydrogens (tertiary/aromatic N) is 2. The number of pyridine rings is 1. The lowest BCUT2D eigenvalue weighted by molar-refractivity contribution is -0.0238. The number of nitrogens with one attached hydrogen (secondary N) is 2. The van der Waals surface area contributed by atoms with E-state index in [2.05, 4.69) is 36.4 Å². The van der Waals surface area contributed by atoms with E-state index in [4.69, 9.17) is 4.74 Å². The van der Waals surface area contributed by atoms with Crippen LogP contribution in [0.15, 0.2) is 35.2 Å². The van der Waals surface area contributed by atoms with Crippen molar-refractivity contribution in [3.8, 4) is 0 Å². The van der Waals surface area contributed by atoms with E-state index in [0.717, 1.165) is 41.8 Å². The van der Waals surface area contributed by atoms with Gasteiger partial charge in [-0.25, -0.2) is 4.98 Å². The molecule has 20 heavy (non-hydrogen) atoms. The first kappa shape index (κ1) is 13.6. The molecule has 1 aliphatic heterocycles. The van der Waals surface area contributed by atoms with Crippen molar-refractivity contribution in [1.82, 2.24) is 15.2 Å². The molecule has 0 radical (unpaired) electrons. The van der Waals surface area contributed by atoms with E-state index in [1.165, 1.54) is 0 Å². The van der Waals surface area contributed by atoms with Gasteiger partial charge in [0.05, 0.1) is 16.8 Å². The molecule has 0 aliphatic carbocycles. The van der Waals surface area contributed by atoms with E-state index in [1.54, 1.807) is 6.20 Å². The van der Waals surface area contributed by atoms with Crippen LogP contribution in [0.25, 0.3) is 0 Å². The fourth-order valence-corrected chi connectivity index (χ4v) is 2.98. The number of aromatic amines is 1. The van der Waals surface area contributed by atoms with Gasteiger partial charge in [-0.1, -0.05) is 0 Å². The van der Waals surface area contributed by atoms with Crippen LogP contribution in [-0.4, -0.2) is 28.3 Å². The molecule has 0 aromatic carbocycles. The van der Waals surface area contributed by atoms with Crippen molar-refractivity contribution in [3.63, 3.8) is 0 Å². The van der Waals surface area contributed by atoms with E-state index in [0.29, 0.717) is 5.92 Å². The lowest BCUT2D eigenvalue weighted by atomic mass is 9.91. The minimum absolute atomic E-state index is 0.109. The fourth-order valence-electron chi connectivity index (χ4n) is 2.58. The molecule has 5 nitrogen and oxygen atoms in total. The summed E-state index contributed by atoms with van der Waals surface area (Å²) in [5, 5.41) is 10.3. The Morgan fingerprint density at radius 3 is 3.25 bits per heavy atom. The highest BCUT2D eigenvalue weighted by atomic mass is 79.9. The molecular weight excluding hydrogens is 320 g/mol. The lowest BCUT2D eigenvalue weighted by Crippen LogP contribution is -2.28. The van der Waals surface area contributed by atoms with Crippen LogP contribution in [0.4, 0.5) is 5.82 Å². The number of aromatic nitrogens is 3. The van der Waals surface area contributed by atoms with Crippen molar-refractivity contribution in [1.29, 1.82) is 0 Å². The van der Waals surface area contributed by atoms with Gasteiger partial charge in [0.15, 0.2) is 0 Å². The highest BCUT2D eigenvalue weighted by molar-refractivity contribution is 9.10. The van der Waals surface area contributed by atoms with Crippen LogP contribution in [0.2, 0.25) is 0 Å². The molecule has 0 saturated carbocycles. The fraction of sp³-hybridized carbons (Fsp3) is 0.429. The van der Waals surface area contributed by atoms with E-state index in [9.17, 15) is 0 Å². The standard InChI is InChI=1S/C14H17BrN4O/c15-12-4-1-5-16-14(12)17-7-10-3-2-6-20-13(10)11-8-18-19-9-11/h1,4-5,8-10,13H,2-3,6-7H2,(H,16,17)(H,18,19)/t10-,13+/m0/s1. The molecule has 1 fully saturated rings. The molecular formula is C14H17BrN4O. The first-order chi connectivity index (χ1) is 9.84. The minimum atomic E-state index is 0.109. The van der Waals surface area contributed by atoms with Crippen molar-refractivity contribution in [2.75, 3.05) is 18.5 Å². The van der Waals surface area contributed by atoms with Gasteiger partial charge in [0.25, 0.3) is 0 Å². The Balaban J connectivity index is 1.67. The van der Waals surface area contributed by atoms with Crippen LogP contribution in [0.5, 0.6) is 0 Å². The zero-order valence-electron chi connectivity index (χ0n) is 11.1. The zero-order valence-corrected chi connectivity index (χ0v) is 12.6. The maximum absolute atomic E-state index is 5.92. The van der Waals surface area contributed by atoms with Gasteiger partial charge in [0.1, 0.15) is 5.82 Å². The van der Waals surface area contributed by atoms with Gasteiger partial charge in [-0.15, -0.1) is 0 Å². The lowest BCUT2D eigenvalue weighted by Gasteiger charge is -2.31. The molecule has 2 aromatic heterocycles. The maximum atomic E-state index is 5.92. The summed E-state index contributed by atoms with van der Waals surface area (Å²) in [7, 11) is 0. The van der Waals surface area contributed by atoms with E-state index >= 15 is 0 Å². The number of hydrogen-bond acceptors (Lipinski definition) is 4. The van der Waals surface area contributed by atoms with Crippen LogP contribution in [0.3, 0.4) is 0 Å². The molecule has 106 valence electrons. The number of hydrogen-bond donors (Lipinski definition) is 2. The number of anilines is 1. The third-order valence-corrected chi connectivity index (χ3v) is 4.22. The van der Waals surface area contributed by atoms with Gasteiger partial charge >= 0.3 is 0 Å². The molecule has 1 aliphatic rings. The van der Waals surface area contributed by atoms with Gasteiger partial charge in [-0.05, 0) is 40.9 Å². The van der Waals surface area contributed by atoms with E-state index < -0.39 is 0 Å². The second-order valence-corrected chi connectivity index (χ2v) is 5.79. The molecule has 0 amide bonds. The monoisotopic (exact) mass is 336 g/mol. The Kier molecular flexibility index (Phi) is 4.32. The van der Waals surface area contributed by atoms with Crippen molar-refractivity contribution in [2.45, 2.75) is 18.9 Å². The minimum Gasteiger partial charge on any atom is -0.373 e. The van der Waals surface area contributed by atoms with Crippen LogP contribution in [0, 0.1) is 5.92 Å². The summed E-state index contributed by atoms with van der Waals surface area (Å²) in [4.78, 5) is 4.33. The van der Waals surface area contributed by atoms with Crippen molar-refractivity contribution in [3.05, 3.63) is 40.8 Å². The van der Waals surface area contributed by atoms with E-state index in [-0.39, 0.29) is 6.10 Å². The Labute approximate surface area is 126 Å². The quantitative estimate of drug-likeness (QED) is 0.900. The molecule has 6 heteroatoms. The third-order valence-electron chi connectivity index (χ3n) is 3.58. The summed E-state index contributed by atoms with van der Waals surface area (Å²) in [5.41, 5.74) is 1.12. The van der Waals surface area contributed by atoms with Crippen LogP contribution in [-0.2, 0) is 4.74 Å². The number of rotatable bonds is 4. The van der Waals surface area contributed by atoms with Gasteiger partial charge in [0.2, 0.25) is 0 Å². The summed E-state index contributed by atoms with van der Waals surface area (Å²) in [5.74, 6) is 1.30. The zero-order chi connectivity index (χ0) is 13.8. The second-order valence-electron chi connectivity index (χ2n) is 4.94. The molecule has 2 N–H and O–H groups in total. The number of H-pyrrole nitrogens is 1. The molecule has 2 aromatic rings. The maximum Gasteiger partial charge on any atom is 0.140 e. The Bertz CT molecular complexity index is 546. The van der Waals surface area contributed by atoms with Crippen LogP contribution in [0.1, 0.15) is 24.5 Å². The molecule has 3 heterocycles. The Hall–Kier alpha value is -1.40. The highest BCUT2D eigenvalue weighted by Crippen LogP contribution is 2.33. The Morgan fingerprint density at radius 1 is 1.50 bits per heavy atom. The van der Waals surface area contributed by atoms with Crippen molar-refractivity contribution >= 4 is 21.7 Å². The molecule has 0 unspecified atom stereocenters. The average molecular weight is 337 g/mol. The van der Waals surface area contributed by atoms with Gasteiger partial charge in [0, 0.05) is 37.0 Å². The van der Waals surface area contributed by atoms with Crippen molar-refractivity contribution < 1.29 is 4.74 Å².